The maximum absolute atomic E-state index is 11.8. The maximum atomic E-state index is 11.8. The van der Waals surface area contributed by atoms with Gasteiger partial charge in [0.15, 0.2) is 0 Å². The van der Waals surface area contributed by atoms with Crippen LogP contribution in [0.15, 0.2) is 24.3 Å². The molecule has 0 heterocycles. The molecule has 1 fully saturated rings. The van der Waals surface area contributed by atoms with Crippen molar-refractivity contribution in [2.45, 2.75) is 64.1 Å². The Labute approximate surface area is 132 Å². The lowest BCUT2D eigenvalue weighted by molar-refractivity contribution is 0.0492. The van der Waals surface area contributed by atoms with E-state index in [1.807, 2.05) is 45.0 Å². The molecule has 122 valence electrons. The number of nitrogens with one attached hydrogen (secondary N) is 2. The van der Waals surface area contributed by atoms with Crippen molar-refractivity contribution in [3.8, 4) is 0 Å². The molecule has 5 heteroatoms. The number of alkyl carbamates (subject to hydrolysis) is 1. The molecular weight excluding hydrogens is 278 g/mol. The van der Waals surface area contributed by atoms with E-state index >= 15 is 0 Å². The lowest BCUT2D eigenvalue weighted by atomic mass is 9.91. The summed E-state index contributed by atoms with van der Waals surface area (Å²) in [6.45, 7) is 5.62. The van der Waals surface area contributed by atoms with Crippen LogP contribution in [0, 0.1) is 0 Å². The summed E-state index contributed by atoms with van der Waals surface area (Å²) in [6.07, 6.45) is 3.59. The molecule has 1 aliphatic rings. The topological polar surface area (TPSA) is 76.4 Å². The first-order chi connectivity index (χ1) is 10.3. The Kier molecular flexibility index (Phi) is 5.16. The molecule has 1 aromatic carbocycles. The molecule has 0 saturated heterocycles. The van der Waals surface area contributed by atoms with Crippen LogP contribution < -0.4 is 16.4 Å². The van der Waals surface area contributed by atoms with E-state index in [-0.39, 0.29) is 12.1 Å². The third-order valence-corrected chi connectivity index (χ3v) is 3.77. The number of hydrogen-bond donors (Lipinski definition) is 3. The zero-order valence-corrected chi connectivity index (χ0v) is 13.7. The predicted molar refractivity (Wildman–Crippen MR) is 89.9 cm³/mol. The van der Waals surface area contributed by atoms with Crippen molar-refractivity contribution in [3.05, 3.63) is 24.3 Å². The van der Waals surface area contributed by atoms with E-state index in [9.17, 15) is 4.79 Å². The van der Waals surface area contributed by atoms with Crippen LogP contribution >= 0.6 is 0 Å². The molecule has 1 aromatic rings. The lowest BCUT2D eigenvalue weighted by Gasteiger charge is -2.31. The first-order valence-electron chi connectivity index (χ1n) is 7.94. The third kappa shape index (κ3) is 5.13. The SMILES string of the molecule is CC(C)(C)OC(=O)N[C@H]1CC[C@@H](Nc2ccccc2N)CC1. The molecule has 0 radical (unpaired) electrons. The highest BCUT2D eigenvalue weighted by molar-refractivity contribution is 5.68. The number of benzene rings is 1. The van der Waals surface area contributed by atoms with Gasteiger partial charge in [-0.2, -0.15) is 0 Å². The van der Waals surface area contributed by atoms with Crippen molar-refractivity contribution < 1.29 is 9.53 Å². The molecule has 1 saturated carbocycles. The summed E-state index contributed by atoms with van der Waals surface area (Å²) in [4.78, 5) is 11.8. The zero-order chi connectivity index (χ0) is 16.2. The van der Waals surface area contributed by atoms with Crippen molar-refractivity contribution in [1.82, 2.24) is 5.32 Å². The Bertz CT molecular complexity index is 503. The summed E-state index contributed by atoms with van der Waals surface area (Å²) in [5, 5.41) is 6.45. The normalized spacial score (nSPS) is 22.0. The summed E-state index contributed by atoms with van der Waals surface area (Å²) in [6, 6.07) is 8.41. The standard InChI is InChI=1S/C17H27N3O2/c1-17(2,3)22-16(21)20-13-10-8-12(9-11-13)19-15-7-5-4-6-14(15)18/h4-7,12-13,19H,8-11,18H2,1-3H3,(H,20,21)/t12-,13+. The molecule has 0 spiro atoms. The van der Waals surface area contributed by atoms with Gasteiger partial charge in [0.25, 0.3) is 0 Å². The molecule has 0 atom stereocenters. The molecule has 0 aliphatic heterocycles. The highest BCUT2D eigenvalue weighted by Crippen LogP contribution is 2.25. The first-order valence-corrected chi connectivity index (χ1v) is 7.94. The van der Waals surface area contributed by atoms with E-state index in [1.165, 1.54) is 0 Å². The largest absolute Gasteiger partial charge is 0.444 e. The van der Waals surface area contributed by atoms with Crippen LogP contribution in [0.2, 0.25) is 0 Å². The van der Waals surface area contributed by atoms with Crippen LogP contribution in [0.25, 0.3) is 0 Å². The fourth-order valence-electron chi connectivity index (χ4n) is 2.70. The minimum Gasteiger partial charge on any atom is -0.444 e. The maximum Gasteiger partial charge on any atom is 0.407 e. The van der Waals surface area contributed by atoms with Gasteiger partial charge in [-0.15, -0.1) is 0 Å². The van der Waals surface area contributed by atoms with E-state index in [2.05, 4.69) is 10.6 Å². The van der Waals surface area contributed by atoms with Crippen LogP contribution in [-0.2, 0) is 4.74 Å². The van der Waals surface area contributed by atoms with Gasteiger partial charge < -0.3 is 21.1 Å². The molecule has 1 amide bonds. The number of hydrogen-bond acceptors (Lipinski definition) is 4. The van der Waals surface area contributed by atoms with E-state index in [0.717, 1.165) is 37.1 Å². The second-order valence-electron chi connectivity index (χ2n) is 6.93. The average Bonchev–Trinajstić information content (AvgIpc) is 2.41. The van der Waals surface area contributed by atoms with Crippen LogP contribution in [0.1, 0.15) is 46.5 Å². The molecule has 0 bridgehead atoms. The Morgan fingerprint density at radius 2 is 1.73 bits per heavy atom. The summed E-state index contributed by atoms with van der Waals surface area (Å²) in [5.74, 6) is 0. The Morgan fingerprint density at radius 1 is 1.14 bits per heavy atom. The van der Waals surface area contributed by atoms with Crippen LogP contribution in [0.3, 0.4) is 0 Å². The van der Waals surface area contributed by atoms with Crippen LogP contribution in [0.4, 0.5) is 16.2 Å². The van der Waals surface area contributed by atoms with Gasteiger partial charge in [0.05, 0.1) is 11.4 Å². The summed E-state index contributed by atoms with van der Waals surface area (Å²) < 4.78 is 5.30. The van der Waals surface area contributed by atoms with Gasteiger partial charge in [-0.05, 0) is 58.6 Å². The van der Waals surface area contributed by atoms with E-state index in [1.54, 1.807) is 0 Å². The van der Waals surface area contributed by atoms with Gasteiger partial charge in [0, 0.05) is 12.1 Å². The quantitative estimate of drug-likeness (QED) is 0.747. The second-order valence-corrected chi connectivity index (χ2v) is 6.93. The molecule has 4 N–H and O–H groups in total. The lowest BCUT2D eigenvalue weighted by Crippen LogP contribution is -2.42. The van der Waals surface area contributed by atoms with E-state index in [0.29, 0.717) is 6.04 Å². The Hall–Kier alpha value is -1.91. The number of carbonyl (C=O) groups excluding carboxylic acids is 1. The number of rotatable bonds is 3. The van der Waals surface area contributed by atoms with E-state index in [4.69, 9.17) is 10.5 Å². The fourth-order valence-corrected chi connectivity index (χ4v) is 2.70. The minimum absolute atomic E-state index is 0.195. The average molecular weight is 305 g/mol. The van der Waals surface area contributed by atoms with Crippen molar-refractivity contribution in [3.63, 3.8) is 0 Å². The van der Waals surface area contributed by atoms with Crippen molar-refractivity contribution in [1.29, 1.82) is 0 Å². The smallest absolute Gasteiger partial charge is 0.407 e. The van der Waals surface area contributed by atoms with E-state index < -0.39 is 5.60 Å². The van der Waals surface area contributed by atoms with Crippen molar-refractivity contribution in [2.75, 3.05) is 11.1 Å². The summed E-state index contributed by atoms with van der Waals surface area (Å²) >= 11 is 0. The monoisotopic (exact) mass is 305 g/mol. The number of amides is 1. The van der Waals surface area contributed by atoms with Gasteiger partial charge in [-0.1, -0.05) is 12.1 Å². The number of nitrogen functional groups attached to an aromatic ring is 1. The van der Waals surface area contributed by atoms with Crippen molar-refractivity contribution >= 4 is 17.5 Å². The molecule has 5 nitrogen and oxygen atoms in total. The molecule has 2 rings (SSSR count). The third-order valence-electron chi connectivity index (χ3n) is 3.77. The zero-order valence-electron chi connectivity index (χ0n) is 13.7. The van der Waals surface area contributed by atoms with Crippen LogP contribution in [0.5, 0.6) is 0 Å². The molecule has 22 heavy (non-hydrogen) atoms. The predicted octanol–water partition coefficient (Wildman–Crippen LogP) is 3.52. The number of para-hydroxylation sites is 2. The van der Waals surface area contributed by atoms with Gasteiger partial charge >= 0.3 is 6.09 Å². The number of anilines is 2. The van der Waals surface area contributed by atoms with Gasteiger partial charge in [-0.3, -0.25) is 0 Å². The summed E-state index contributed by atoms with van der Waals surface area (Å²) in [5.41, 5.74) is 7.27. The molecule has 0 unspecified atom stereocenters. The first kappa shape index (κ1) is 16.5. The van der Waals surface area contributed by atoms with Crippen molar-refractivity contribution in [2.24, 2.45) is 0 Å². The van der Waals surface area contributed by atoms with Gasteiger partial charge in [0.1, 0.15) is 5.60 Å². The minimum atomic E-state index is -0.451. The van der Waals surface area contributed by atoms with Gasteiger partial charge in [-0.25, -0.2) is 4.79 Å². The highest BCUT2D eigenvalue weighted by atomic mass is 16.6. The highest BCUT2D eigenvalue weighted by Gasteiger charge is 2.24. The summed E-state index contributed by atoms with van der Waals surface area (Å²) in [7, 11) is 0. The number of carbonyl (C=O) groups is 1. The molecular formula is C17H27N3O2. The Morgan fingerprint density at radius 3 is 2.32 bits per heavy atom. The Balaban J connectivity index is 1.76. The molecule has 0 aromatic heterocycles. The number of ether oxygens (including phenoxy) is 1. The fraction of sp³-hybridized carbons (Fsp3) is 0.588. The molecule has 1 aliphatic carbocycles. The van der Waals surface area contributed by atoms with Gasteiger partial charge in [0.2, 0.25) is 0 Å². The van der Waals surface area contributed by atoms with Crippen LogP contribution in [-0.4, -0.2) is 23.8 Å². The number of nitrogens with two attached hydrogens (primary N) is 1. The second kappa shape index (κ2) is 6.90.